The Hall–Kier alpha value is -1.01. The van der Waals surface area contributed by atoms with Gasteiger partial charge in [-0.25, -0.2) is 15.8 Å². The maximum atomic E-state index is 5.52. The van der Waals surface area contributed by atoms with Gasteiger partial charge in [0, 0.05) is 35.6 Å². The van der Waals surface area contributed by atoms with Crippen molar-refractivity contribution < 1.29 is 0 Å². The van der Waals surface area contributed by atoms with Crippen LogP contribution in [0.2, 0.25) is 0 Å². The van der Waals surface area contributed by atoms with Crippen molar-refractivity contribution >= 4 is 23.4 Å². The smallest absolute Gasteiger partial charge is 0.145 e. The van der Waals surface area contributed by atoms with Gasteiger partial charge in [0.05, 0.1) is 0 Å². The van der Waals surface area contributed by atoms with Crippen molar-refractivity contribution in [3.05, 3.63) is 11.9 Å². The topological polar surface area (TPSA) is 67.1 Å². The molecule has 2 rings (SSSR count). The van der Waals surface area contributed by atoms with Crippen molar-refractivity contribution in [3.63, 3.8) is 0 Å². The maximum absolute atomic E-state index is 5.52. The Morgan fingerprint density at radius 3 is 2.79 bits per heavy atom. The first-order chi connectivity index (χ1) is 9.02. The van der Waals surface area contributed by atoms with Crippen molar-refractivity contribution in [2.75, 3.05) is 22.6 Å². The van der Waals surface area contributed by atoms with Crippen LogP contribution in [0.15, 0.2) is 6.07 Å². The summed E-state index contributed by atoms with van der Waals surface area (Å²) < 4.78 is 0. The van der Waals surface area contributed by atoms with E-state index in [1.807, 2.05) is 17.8 Å². The van der Waals surface area contributed by atoms with Gasteiger partial charge in [-0.15, -0.1) is 0 Å². The Labute approximate surface area is 119 Å². The van der Waals surface area contributed by atoms with Gasteiger partial charge in [0.1, 0.15) is 17.5 Å². The van der Waals surface area contributed by atoms with Crippen LogP contribution in [0.1, 0.15) is 39.4 Å². The fraction of sp³-hybridized carbons (Fsp3) is 0.692. The van der Waals surface area contributed by atoms with Gasteiger partial charge in [-0.1, -0.05) is 20.8 Å². The number of nitrogen functional groups attached to an aromatic ring is 1. The zero-order chi connectivity index (χ0) is 14.0. The minimum Gasteiger partial charge on any atom is -0.352 e. The first kappa shape index (κ1) is 14.4. The second kappa shape index (κ2) is 5.96. The number of nitrogens with zero attached hydrogens (tertiary/aromatic N) is 3. The molecule has 3 N–H and O–H groups in total. The van der Waals surface area contributed by atoms with E-state index in [0.717, 1.165) is 23.9 Å². The molecule has 1 aromatic heterocycles. The molecule has 2 atom stereocenters. The monoisotopic (exact) mass is 281 g/mol. The molecule has 2 heterocycles. The molecule has 0 bridgehead atoms. The van der Waals surface area contributed by atoms with E-state index in [0.29, 0.717) is 23.0 Å². The third-order valence-electron chi connectivity index (χ3n) is 3.57. The van der Waals surface area contributed by atoms with Crippen molar-refractivity contribution in [2.45, 2.75) is 44.9 Å². The Morgan fingerprint density at radius 2 is 2.16 bits per heavy atom. The van der Waals surface area contributed by atoms with Crippen molar-refractivity contribution in [2.24, 2.45) is 5.84 Å². The highest BCUT2D eigenvalue weighted by Crippen LogP contribution is 2.29. The van der Waals surface area contributed by atoms with Crippen LogP contribution in [0.3, 0.4) is 0 Å². The molecular weight excluding hydrogens is 258 g/mol. The lowest BCUT2D eigenvalue weighted by molar-refractivity contribution is 0.615. The number of hydrogen-bond donors (Lipinski definition) is 2. The molecule has 0 saturated carbocycles. The highest BCUT2D eigenvalue weighted by atomic mass is 32.2. The molecule has 6 heteroatoms. The molecular formula is C13H23N5S. The van der Waals surface area contributed by atoms with Gasteiger partial charge in [-0.2, -0.15) is 11.8 Å². The van der Waals surface area contributed by atoms with Crippen LogP contribution in [-0.2, 0) is 0 Å². The molecule has 0 amide bonds. The third kappa shape index (κ3) is 3.12. The largest absolute Gasteiger partial charge is 0.352 e. The zero-order valence-electron chi connectivity index (χ0n) is 12.1. The van der Waals surface area contributed by atoms with Crippen molar-refractivity contribution in [1.82, 2.24) is 9.97 Å². The predicted molar refractivity (Wildman–Crippen MR) is 82.7 cm³/mol. The molecule has 106 valence electrons. The van der Waals surface area contributed by atoms with E-state index in [1.165, 1.54) is 0 Å². The maximum Gasteiger partial charge on any atom is 0.145 e. The molecule has 5 nitrogen and oxygen atoms in total. The molecule has 0 radical (unpaired) electrons. The van der Waals surface area contributed by atoms with Gasteiger partial charge < -0.3 is 10.3 Å². The van der Waals surface area contributed by atoms with Crippen LogP contribution in [0, 0.1) is 0 Å². The molecule has 1 saturated heterocycles. The number of nitrogens with two attached hydrogens (primary N) is 1. The summed E-state index contributed by atoms with van der Waals surface area (Å²) in [4.78, 5) is 11.5. The molecule has 1 aliphatic heterocycles. The summed E-state index contributed by atoms with van der Waals surface area (Å²) in [5, 5.41) is 0.612. The van der Waals surface area contributed by atoms with E-state index in [-0.39, 0.29) is 0 Å². The minimum absolute atomic E-state index is 0.291. The average molecular weight is 281 g/mol. The van der Waals surface area contributed by atoms with Crippen molar-refractivity contribution in [1.29, 1.82) is 0 Å². The molecule has 0 spiro atoms. The van der Waals surface area contributed by atoms with E-state index in [2.05, 4.69) is 43.0 Å². The molecule has 1 fully saturated rings. The van der Waals surface area contributed by atoms with E-state index in [4.69, 9.17) is 10.8 Å². The van der Waals surface area contributed by atoms with Crippen LogP contribution in [0.4, 0.5) is 11.6 Å². The van der Waals surface area contributed by atoms with Crippen LogP contribution < -0.4 is 16.2 Å². The van der Waals surface area contributed by atoms with E-state index in [9.17, 15) is 0 Å². The zero-order valence-corrected chi connectivity index (χ0v) is 12.9. The normalized spacial score (nSPS) is 23.8. The van der Waals surface area contributed by atoms with Gasteiger partial charge in [-0.3, -0.25) is 0 Å². The standard InChI is InChI=1S/C13H23N5S/c1-8(2)13-15-11(17-14)7-12(16-13)18-5-6-19-10(4)9(18)3/h7-10H,5-6,14H2,1-4H3,(H,15,16,17). The van der Waals surface area contributed by atoms with Crippen LogP contribution in [-0.4, -0.2) is 33.6 Å². The van der Waals surface area contributed by atoms with E-state index in [1.54, 1.807) is 0 Å². The third-order valence-corrected chi connectivity index (χ3v) is 4.91. The lowest BCUT2D eigenvalue weighted by atomic mass is 10.2. The molecule has 2 unspecified atom stereocenters. The van der Waals surface area contributed by atoms with Gasteiger partial charge in [0.15, 0.2) is 0 Å². The molecule has 1 aliphatic rings. The van der Waals surface area contributed by atoms with Crippen LogP contribution in [0.5, 0.6) is 0 Å². The lowest BCUT2D eigenvalue weighted by Gasteiger charge is -2.38. The lowest BCUT2D eigenvalue weighted by Crippen LogP contribution is -2.45. The molecule has 1 aromatic rings. The second-order valence-electron chi connectivity index (χ2n) is 5.28. The average Bonchev–Trinajstić information content (AvgIpc) is 2.41. The SMILES string of the molecule is CC(C)c1nc(NN)cc(N2CCSC(C)C2C)n1. The number of thioether (sulfide) groups is 1. The highest BCUT2D eigenvalue weighted by molar-refractivity contribution is 8.00. The fourth-order valence-electron chi connectivity index (χ4n) is 2.19. The van der Waals surface area contributed by atoms with E-state index < -0.39 is 0 Å². The summed E-state index contributed by atoms with van der Waals surface area (Å²) in [6.07, 6.45) is 0. The Bertz CT molecular complexity index is 437. The summed E-state index contributed by atoms with van der Waals surface area (Å²) >= 11 is 2.02. The first-order valence-corrected chi connectivity index (χ1v) is 7.81. The summed E-state index contributed by atoms with van der Waals surface area (Å²) in [6, 6.07) is 2.41. The van der Waals surface area contributed by atoms with Gasteiger partial charge in [0.2, 0.25) is 0 Å². The Morgan fingerprint density at radius 1 is 1.42 bits per heavy atom. The fourth-order valence-corrected chi connectivity index (χ4v) is 3.29. The number of nitrogens with one attached hydrogen (secondary N) is 1. The number of rotatable bonds is 3. The van der Waals surface area contributed by atoms with Crippen LogP contribution >= 0.6 is 11.8 Å². The second-order valence-corrected chi connectivity index (χ2v) is 6.76. The van der Waals surface area contributed by atoms with Crippen LogP contribution in [0.25, 0.3) is 0 Å². The number of hydrazine groups is 1. The predicted octanol–water partition coefficient (Wildman–Crippen LogP) is 2.22. The molecule has 0 aliphatic carbocycles. The summed E-state index contributed by atoms with van der Waals surface area (Å²) in [5.74, 6) is 9.45. The minimum atomic E-state index is 0.291. The summed E-state index contributed by atoms with van der Waals surface area (Å²) in [7, 11) is 0. The number of hydrogen-bond acceptors (Lipinski definition) is 6. The number of anilines is 2. The van der Waals surface area contributed by atoms with Gasteiger partial charge >= 0.3 is 0 Å². The van der Waals surface area contributed by atoms with Crippen molar-refractivity contribution in [3.8, 4) is 0 Å². The van der Waals surface area contributed by atoms with Gasteiger partial charge in [-0.05, 0) is 6.92 Å². The summed E-state index contributed by atoms with van der Waals surface area (Å²) in [6.45, 7) is 9.74. The molecule has 19 heavy (non-hydrogen) atoms. The molecule has 0 aromatic carbocycles. The Kier molecular flexibility index (Phi) is 4.52. The van der Waals surface area contributed by atoms with Gasteiger partial charge in [0.25, 0.3) is 0 Å². The van der Waals surface area contributed by atoms with E-state index >= 15 is 0 Å². The first-order valence-electron chi connectivity index (χ1n) is 6.76. The quantitative estimate of drug-likeness (QED) is 0.654. The number of aromatic nitrogens is 2. The Balaban J connectivity index is 2.34. The summed E-state index contributed by atoms with van der Waals surface area (Å²) in [5.41, 5.74) is 2.64. The highest BCUT2D eigenvalue weighted by Gasteiger charge is 2.27.